The number of rotatable bonds is 8. The lowest BCUT2D eigenvalue weighted by molar-refractivity contribution is -0.121. The van der Waals surface area contributed by atoms with Crippen molar-refractivity contribution < 1.29 is 28.6 Å². The Bertz CT molecular complexity index is 1290. The molecule has 0 radical (unpaired) electrons. The largest absolute Gasteiger partial charge is 0.493 e. The van der Waals surface area contributed by atoms with Crippen molar-refractivity contribution >= 4 is 29.1 Å². The van der Waals surface area contributed by atoms with Gasteiger partial charge in [-0.2, -0.15) is 0 Å². The van der Waals surface area contributed by atoms with Gasteiger partial charge in [0.05, 0.1) is 38.3 Å². The van der Waals surface area contributed by atoms with Gasteiger partial charge in [-0.05, 0) is 30.5 Å². The number of benzene rings is 2. The number of carbonyl (C=O) groups is 3. The Balaban J connectivity index is 1.32. The number of hydrogen-bond acceptors (Lipinski definition) is 8. The molecule has 0 bridgehead atoms. The Labute approximate surface area is 224 Å². The number of nitrogens with zero attached hydrogens (tertiary/aromatic N) is 2. The first-order valence-electron chi connectivity index (χ1n) is 12.1. The molecule has 0 aliphatic carbocycles. The lowest BCUT2D eigenvalue weighted by Gasteiger charge is -2.31. The number of ether oxygens (including phenoxy) is 3. The molecule has 1 aliphatic heterocycles. The standard InChI is InChI=1S/C27H30N4O6S/c1-35-21-10-9-19(23(36-2)24(21)37-3)27(34)31-13-11-18(12-14-31)26-28-20(16-38-26)25(33)30-29-22(32)15-17-7-5-4-6-8-17/h4-10,16,18H,11-15H2,1-3H3,(H,29,32)(H,30,33). The summed E-state index contributed by atoms with van der Waals surface area (Å²) in [5.41, 5.74) is 6.37. The molecule has 38 heavy (non-hydrogen) atoms. The molecule has 1 fully saturated rings. The monoisotopic (exact) mass is 538 g/mol. The van der Waals surface area contributed by atoms with Gasteiger partial charge < -0.3 is 19.1 Å². The molecule has 11 heteroatoms. The van der Waals surface area contributed by atoms with Gasteiger partial charge in [-0.3, -0.25) is 25.2 Å². The fourth-order valence-electron chi connectivity index (χ4n) is 4.36. The van der Waals surface area contributed by atoms with E-state index < -0.39 is 5.91 Å². The topological polar surface area (TPSA) is 119 Å². The highest BCUT2D eigenvalue weighted by atomic mass is 32.1. The van der Waals surface area contributed by atoms with Gasteiger partial charge in [-0.1, -0.05) is 30.3 Å². The summed E-state index contributed by atoms with van der Waals surface area (Å²) in [5, 5.41) is 2.52. The first-order chi connectivity index (χ1) is 18.4. The zero-order valence-corrected chi connectivity index (χ0v) is 22.3. The number of piperidine rings is 1. The molecule has 3 amide bonds. The first-order valence-corrected chi connectivity index (χ1v) is 13.0. The maximum absolute atomic E-state index is 13.3. The molecule has 1 aromatic heterocycles. The Morgan fingerprint density at radius 2 is 1.66 bits per heavy atom. The molecule has 2 N–H and O–H groups in total. The zero-order valence-electron chi connectivity index (χ0n) is 21.5. The molecular formula is C27H30N4O6S. The van der Waals surface area contributed by atoms with Gasteiger partial charge in [-0.25, -0.2) is 4.98 Å². The predicted octanol–water partition coefficient (Wildman–Crippen LogP) is 3.19. The number of carbonyl (C=O) groups excluding carboxylic acids is 3. The maximum atomic E-state index is 13.3. The number of nitrogens with one attached hydrogen (secondary N) is 2. The van der Waals surface area contributed by atoms with Gasteiger partial charge >= 0.3 is 0 Å². The van der Waals surface area contributed by atoms with Crippen LogP contribution in [0, 0.1) is 0 Å². The average Bonchev–Trinajstić information content (AvgIpc) is 3.46. The number of hydrogen-bond donors (Lipinski definition) is 2. The van der Waals surface area contributed by atoms with Crippen LogP contribution in [0.3, 0.4) is 0 Å². The summed E-state index contributed by atoms with van der Waals surface area (Å²) in [6, 6.07) is 12.6. The van der Waals surface area contributed by atoms with Crippen LogP contribution < -0.4 is 25.1 Å². The van der Waals surface area contributed by atoms with E-state index in [2.05, 4.69) is 15.8 Å². The van der Waals surface area contributed by atoms with E-state index in [1.165, 1.54) is 32.7 Å². The van der Waals surface area contributed by atoms with Crippen LogP contribution in [0.15, 0.2) is 47.8 Å². The number of methoxy groups -OCH3 is 3. The molecule has 0 atom stereocenters. The van der Waals surface area contributed by atoms with Crippen molar-refractivity contribution in [3.63, 3.8) is 0 Å². The zero-order chi connectivity index (χ0) is 27.1. The highest BCUT2D eigenvalue weighted by molar-refractivity contribution is 7.09. The summed E-state index contributed by atoms with van der Waals surface area (Å²) in [4.78, 5) is 44.1. The minimum absolute atomic E-state index is 0.130. The lowest BCUT2D eigenvalue weighted by Crippen LogP contribution is -2.42. The third kappa shape index (κ3) is 6.05. The van der Waals surface area contributed by atoms with Gasteiger partial charge in [-0.15, -0.1) is 11.3 Å². The summed E-state index contributed by atoms with van der Waals surface area (Å²) in [6.45, 7) is 1.08. The molecule has 1 saturated heterocycles. The van der Waals surface area contributed by atoms with Crippen molar-refractivity contribution in [2.75, 3.05) is 34.4 Å². The number of likely N-dealkylation sites (tertiary alicyclic amines) is 1. The van der Waals surface area contributed by atoms with Gasteiger partial charge in [0, 0.05) is 24.4 Å². The highest BCUT2D eigenvalue weighted by Gasteiger charge is 2.30. The van der Waals surface area contributed by atoms with Crippen LogP contribution in [-0.4, -0.2) is 62.0 Å². The molecule has 2 aromatic carbocycles. The molecular weight excluding hydrogens is 508 g/mol. The Morgan fingerprint density at radius 3 is 2.32 bits per heavy atom. The summed E-state index contributed by atoms with van der Waals surface area (Å²) >= 11 is 1.40. The van der Waals surface area contributed by atoms with Crippen molar-refractivity contribution in [3.8, 4) is 17.2 Å². The van der Waals surface area contributed by atoms with Gasteiger partial charge in [0.15, 0.2) is 11.5 Å². The molecule has 1 aliphatic rings. The van der Waals surface area contributed by atoms with Crippen molar-refractivity contribution in [3.05, 3.63) is 69.7 Å². The molecule has 3 aromatic rings. The molecule has 0 spiro atoms. The van der Waals surface area contributed by atoms with Crippen molar-refractivity contribution in [1.29, 1.82) is 0 Å². The van der Waals surface area contributed by atoms with E-state index in [1.807, 2.05) is 30.3 Å². The maximum Gasteiger partial charge on any atom is 0.289 e. The van der Waals surface area contributed by atoms with Crippen molar-refractivity contribution in [2.45, 2.75) is 25.2 Å². The Hall–Kier alpha value is -4.12. The van der Waals surface area contributed by atoms with Gasteiger partial charge in [0.2, 0.25) is 11.7 Å². The second-order valence-corrected chi connectivity index (χ2v) is 9.57. The fourth-order valence-corrected chi connectivity index (χ4v) is 5.34. The molecule has 0 unspecified atom stereocenters. The minimum Gasteiger partial charge on any atom is -0.493 e. The first kappa shape index (κ1) is 26.9. The van der Waals surface area contributed by atoms with E-state index in [1.54, 1.807) is 22.4 Å². The molecule has 4 rings (SSSR count). The van der Waals surface area contributed by atoms with Crippen LogP contribution in [0.2, 0.25) is 0 Å². The minimum atomic E-state index is -0.470. The molecule has 200 valence electrons. The molecule has 2 heterocycles. The third-order valence-corrected chi connectivity index (χ3v) is 7.35. The fraction of sp³-hybridized carbons (Fsp3) is 0.333. The SMILES string of the molecule is COc1ccc(C(=O)N2CCC(c3nc(C(=O)NNC(=O)Cc4ccccc4)cs3)CC2)c(OC)c1OC. The number of thiazole rings is 1. The van der Waals surface area contributed by atoms with E-state index in [4.69, 9.17) is 14.2 Å². The van der Waals surface area contributed by atoms with Crippen LogP contribution in [0.1, 0.15) is 50.2 Å². The average molecular weight is 539 g/mol. The second kappa shape index (κ2) is 12.4. The second-order valence-electron chi connectivity index (χ2n) is 8.68. The van der Waals surface area contributed by atoms with Crippen LogP contribution in [-0.2, 0) is 11.2 Å². The van der Waals surface area contributed by atoms with Crippen LogP contribution in [0.25, 0.3) is 0 Å². The summed E-state index contributed by atoms with van der Waals surface area (Å²) in [5.74, 6) is 0.396. The van der Waals surface area contributed by atoms with E-state index in [-0.39, 0.29) is 29.8 Å². The van der Waals surface area contributed by atoms with E-state index in [0.717, 1.165) is 10.6 Å². The van der Waals surface area contributed by atoms with Crippen LogP contribution in [0.5, 0.6) is 17.2 Å². The number of hydrazine groups is 1. The molecule has 10 nitrogen and oxygen atoms in total. The Kier molecular flexibility index (Phi) is 8.80. The van der Waals surface area contributed by atoms with Crippen LogP contribution >= 0.6 is 11.3 Å². The number of amides is 3. The van der Waals surface area contributed by atoms with E-state index >= 15 is 0 Å². The third-order valence-electron chi connectivity index (χ3n) is 6.34. The van der Waals surface area contributed by atoms with Crippen molar-refractivity contribution in [2.24, 2.45) is 0 Å². The molecule has 0 saturated carbocycles. The smallest absolute Gasteiger partial charge is 0.289 e. The quantitative estimate of drug-likeness (QED) is 0.423. The highest BCUT2D eigenvalue weighted by Crippen LogP contribution is 2.40. The van der Waals surface area contributed by atoms with Crippen LogP contribution in [0.4, 0.5) is 0 Å². The predicted molar refractivity (Wildman–Crippen MR) is 142 cm³/mol. The summed E-state index contributed by atoms with van der Waals surface area (Å²) in [7, 11) is 4.52. The van der Waals surface area contributed by atoms with Gasteiger partial charge in [0.1, 0.15) is 5.69 Å². The van der Waals surface area contributed by atoms with Gasteiger partial charge in [0.25, 0.3) is 11.8 Å². The number of aromatic nitrogens is 1. The summed E-state index contributed by atoms with van der Waals surface area (Å²) < 4.78 is 16.2. The lowest BCUT2D eigenvalue weighted by atomic mass is 9.97. The summed E-state index contributed by atoms with van der Waals surface area (Å²) in [6.07, 6.45) is 1.59. The Morgan fingerprint density at radius 1 is 0.947 bits per heavy atom. The van der Waals surface area contributed by atoms with E-state index in [9.17, 15) is 14.4 Å². The van der Waals surface area contributed by atoms with E-state index in [0.29, 0.717) is 48.7 Å². The van der Waals surface area contributed by atoms with Crippen molar-refractivity contribution in [1.82, 2.24) is 20.7 Å². The normalized spacial score (nSPS) is 13.5.